The molecule has 8 nitrogen and oxygen atoms in total. The van der Waals surface area contributed by atoms with Crippen molar-refractivity contribution in [2.75, 3.05) is 24.9 Å². The largest absolute Gasteiger partial charge is 0.496 e. The van der Waals surface area contributed by atoms with Gasteiger partial charge >= 0.3 is 0 Å². The van der Waals surface area contributed by atoms with Gasteiger partial charge in [0.15, 0.2) is 16.7 Å². The van der Waals surface area contributed by atoms with Crippen LogP contribution >= 0.6 is 11.6 Å². The highest BCUT2D eigenvalue weighted by Gasteiger charge is 2.16. The molecule has 3 rings (SSSR count). The lowest BCUT2D eigenvalue weighted by molar-refractivity contribution is -0.114. The van der Waals surface area contributed by atoms with Crippen molar-refractivity contribution < 1.29 is 14.3 Å². The smallest absolute Gasteiger partial charge is 0.221 e. The Morgan fingerprint density at radius 1 is 1.10 bits per heavy atom. The van der Waals surface area contributed by atoms with Crippen LogP contribution in [0.4, 0.5) is 17.2 Å². The molecule has 1 heterocycles. The first-order valence-corrected chi connectivity index (χ1v) is 9.59. The van der Waals surface area contributed by atoms with Crippen molar-refractivity contribution in [3.05, 3.63) is 52.8 Å². The van der Waals surface area contributed by atoms with Crippen LogP contribution in [0.5, 0.6) is 11.5 Å². The predicted octanol–water partition coefficient (Wildman–Crippen LogP) is 4.70. The molecule has 9 heteroatoms. The van der Waals surface area contributed by atoms with Gasteiger partial charge in [-0.2, -0.15) is 5.26 Å². The van der Waals surface area contributed by atoms with Crippen LogP contribution in [0, 0.1) is 18.3 Å². The zero-order valence-electron chi connectivity index (χ0n) is 17.4. The molecule has 0 spiro atoms. The Bertz CT molecular complexity index is 1170. The average Bonchev–Trinajstić information content (AvgIpc) is 2.75. The van der Waals surface area contributed by atoms with Gasteiger partial charge in [0.25, 0.3) is 0 Å². The molecular weight excluding hydrogens is 418 g/mol. The van der Waals surface area contributed by atoms with Crippen molar-refractivity contribution in [2.45, 2.75) is 13.8 Å². The lowest BCUT2D eigenvalue weighted by atomic mass is 10.1. The number of nitrogens with one attached hydrogen (secondary N) is 2. The number of carbonyl (C=O) groups excluding carboxylic acids is 1. The number of rotatable bonds is 6. The van der Waals surface area contributed by atoms with Gasteiger partial charge < -0.3 is 20.1 Å². The van der Waals surface area contributed by atoms with Gasteiger partial charge in [-0.25, -0.2) is 9.97 Å². The first-order chi connectivity index (χ1) is 14.9. The van der Waals surface area contributed by atoms with E-state index in [1.807, 2.05) is 13.0 Å². The van der Waals surface area contributed by atoms with Gasteiger partial charge in [-0.1, -0.05) is 23.7 Å². The zero-order chi connectivity index (χ0) is 22.5. The molecule has 31 heavy (non-hydrogen) atoms. The van der Waals surface area contributed by atoms with E-state index in [0.29, 0.717) is 34.1 Å². The molecule has 0 aliphatic heterocycles. The third kappa shape index (κ3) is 4.85. The predicted molar refractivity (Wildman–Crippen MR) is 119 cm³/mol. The Balaban J connectivity index is 2.07. The quantitative estimate of drug-likeness (QED) is 0.575. The first-order valence-electron chi connectivity index (χ1n) is 9.21. The van der Waals surface area contributed by atoms with E-state index in [1.165, 1.54) is 6.92 Å². The minimum atomic E-state index is -0.196. The summed E-state index contributed by atoms with van der Waals surface area (Å²) in [5.41, 5.74) is 3.07. The maximum Gasteiger partial charge on any atom is 0.221 e. The highest BCUT2D eigenvalue weighted by molar-refractivity contribution is 6.32. The minimum absolute atomic E-state index is 0.0327. The molecule has 0 unspecified atom stereocenters. The summed E-state index contributed by atoms with van der Waals surface area (Å²) in [5, 5.41) is 15.4. The number of methoxy groups -OCH3 is 2. The fourth-order valence-electron chi connectivity index (χ4n) is 3.01. The maximum atomic E-state index is 11.4. The van der Waals surface area contributed by atoms with Crippen LogP contribution in [-0.2, 0) is 4.79 Å². The van der Waals surface area contributed by atoms with Crippen LogP contribution in [0.3, 0.4) is 0 Å². The summed E-state index contributed by atoms with van der Waals surface area (Å²) in [6.45, 7) is 3.30. The molecule has 0 radical (unpaired) electrons. The van der Waals surface area contributed by atoms with Crippen LogP contribution in [0.2, 0.25) is 5.15 Å². The van der Waals surface area contributed by atoms with Gasteiger partial charge in [0.1, 0.15) is 23.3 Å². The molecule has 1 amide bonds. The van der Waals surface area contributed by atoms with E-state index < -0.39 is 0 Å². The standard InChI is InChI=1S/C22H20ClN5O3/c1-12-18(30-3)9-16(10-19(12)31-4)26-22-17(11-24)27-21(23)20(28-22)14-6-5-7-15(8-14)25-13(2)29/h5-10H,1-4H3,(H,25,29)(H,26,28). The van der Waals surface area contributed by atoms with Crippen molar-refractivity contribution in [1.82, 2.24) is 9.97 Å². The summed E-state index contributed by atoms with van der Waals surface area (Å²) in [6.07, 6.45) is 0. The van der Waals surface area contributed by atoms with Gasteiger partial charge in [-0.3, -0.25) is 4.79 Å². The third-order valence-electron chi connectivity index (χ3n) is 4.43. The molecule has 0 aliphatic carbocycles. The first kappa shape index (κ1) is 21.9. The van der Waals surface area contributed by atoms with Crippen LogP contribution in [0.15, 0.2) is 36.4 Å². The zero-order valence-corrected chi connectivity index (χ0v) is 18.2. The normalized spacial score (nSPS) is 10.2. The second-order valence-electron chi connectivity index (χ2n) is 6.56. The molecule has 1 aromatic heterocycles. The second kappa shape index (κ2) is 9.32. The number of halogens is 1. The average molecular weight is 438 g/mol. The molecule has 0 saturated carbocycles. The van der Waals surface area contributed by atoms with Crippen molar-refractivity contribution >= 4 is 34.7 Å². The summed E-state index contributed by atoms with van der Waals surface area (Å²) in [4.78, 5) is 20.1. The number of carbonyl (C=O) groups is 1. The lowest BCUT2D eigenvalue weighted by Crippen LogP contribution is -2.06. The number of nitriles is 1. The summed E-state index contributed by atoms with van der Waals surface area (Å²) >= 11 is 6.31. The number of nitrogens with zero attached hydrogens (tertiary/aromatic N) is 3. The number of aromatic nitrogens is 2. The van der Waals surface area contributed by atoms with E-state index in [4.69, 9.17) is 21.1 Å². The topological polar surface area (TPSA) is 109 Å². The van der Waals surface area contributed by atoms with E-state index in [0.717, 1.165) is 5.56 Å². The van der Waals surface area contributed by atoms with E-state index >= 15 is 0 Å². The van der Waals surface area contributed by atoms with Gasteiger partial charge in [-0.15, -0.1) is 0 Å². The number of hydrogen-bond donors (Lipinski definition) is 2. The number of amides is 1. The van der Waals surface area contributed by atoms with Crippen LogP contribution < -0.4 is 20.1 Å². The minimum Gasteiger partial charge on any atom is -0.496 e. The summed E-state index contributed by atoms with van der Waals surface area (Å²) in [5.74, 6) is 1.26. The SMILES string of the molecule is COc1cc(Nc2nc(-c3cccc(NC(C)=O)c3)c(Cl)nc2C#N)cc(OC)c1C. The summed E-state index contributed by atoms with van der Waals surface area (Å²) < 4.78 is 10.8. The fourth-order valence-corrected chi connectivity index (χ4v) is 3.24. The molecule has 0 aliphatic rings. The van der Waals surface area contributed by atoms with Crippen molar-refractivity contribution in [1.29, 1.82) is 5.26 Å². The number of benzene rings is 2. The Morgan fingerprint density at radius 2 is 1.77 bits per heavy atom. The molecule has 158 valence electrons. The third-order valence-corrected chi connectivity index (χ3v) is 4.69. The Kier molecular flexibility index (Phi) is 6.58. The van der Waals surface area contributed by atoms with E-state index in [9.17, 15) is 10.1 Å². The molecule has 0 saturated heterocycles. The van der Waals surface area contributed by atoms with Crippen LogP contribution in [0.1, 0.15) is 18.2 Å². The molecule has 3 aromatic rings. The van der Waals surface area contributed by atoms with Crippen LogP contribution in [-0.4, -0.2) is 30.1 Å². The molecule has 0 atom stereocenters. The van der Waals surface area contributed by atoms with Crippen molar-refractivity contribution in [3.63, 3.8) is 0 Å². The fraction of sp³-hybridized carbons (Fsp3) is 0.182. The van der Waals surface area contributed by atoms with Crippen LogP contribution in [0.25, 0.3) is 11.3 Å². The molecular formula is C22H20ClN5O3. The highest BCUT2D eigenvalue weighted by atomic mass is 35.5. The van der Waals surface area contributed by atoms with E-state index in [2.05, 4.69) is 20.6 Å². The molecule has 2 N–H and O–H groups in total. The summed E-state index contributed by atoms with van der Waals surface area (Å²) in [7, 11) is 3.13. The van der Waals surface area contributed by atoms with E-state index in [1.54, 1.807) is 50.6 Å². The Labute approximate surface area is 184 Å². The Hall–Kier alpha value is -3.83. The monoisotopic (exact) mass is 437 g/mol. The highest BCUT2D eigenvalue weighted by Crippen LogP contribution is 2.35. The summed E-state index contributed by atoms with van der Waals surface area (Å²) in [6, 6.07) is 12.6. The van der Waals surface area contributed by atoms with Crippen molar-refractivity contribution in [3.8, 4) is 28.8 Å². The van der Waals surface area contributed by atoms with E-state index in [-0.39, 0.29) is 22.6 Å². The molecule has 0 bridgehead atoms. The number of anilines is 3. The Morgan fingerprint density at radius 3 is 2.35 bits per heavy atom. The second-order valence-corrected chi connectivity index (χ2v) is 6.92. The van der Waals surface area contributed by atoms with Crippen molar-refractivity contribution in [2.24, 2.45) is 0 Å². The van der Waals surface area contributed by atoms with Gasteiger partial charge in [0.2, 0.25) is 5.91 Å². The van der Waals surface area contributed by atoms with Gasteiger partial charge in [-0.05, 0) is 19.1 Å². The number of hydrogen-bond acceptors (Lipinski definition) is 7. The maximum absolute atomic E-state index is 11.4. The van der Waals surface area contributed by atoms with Gasteiger partial charge in [0, 0.05) is 41.6 Å². The van der Waals surface area contributed by atoms with Gasteiger partial charge in [0.05, 0.1) is 14.2 Å². The number of ether oxygens (including phenoxy) is 2. The lowest BCUT2D eigenvalue weighted by Gasteiger charge is -2.15. The molecule has 0 fully saturated rings. The molecule has 2 aromatic carbocycles.